The number of nitrogens with two attached hydrogens (primary N) is 1. The second-order valence-electron chi connectivity index (χ2n) is 1.98. The topological polar surface area (TPSA) is 100 Å². The van der Waals surface area contributed by atoms with Crippen molar-refractivity contribution in [2.75, 3.05) is 6.54 Å². The van der Waals surface area contributed by atoms with Gasteiger partial charge in [0.2, 0.25) is 10.0 Å². The first-order chi connectivity index (χ1) is 4.43. The van der Waals surface area contributed by atoms with Crippen LogP contribution in [-0.4, -0.2) is 36.4 Å². The third kappa shape index (κ3) is 1.19. The van der Waals surface area contributed by atoms with E-state index in [1.54, 1.807) is 0 Å². The van der Waals surface area contributed by atoms with Crippen molar-refractivity contribution >= 4 is 16.1 Å². The average molecular weight is 166 g/mol. The standard InChI is InChI=1S/C3H6N2O4S/c4-10(8,9)2-1-5(2)3(6)7/h2H,1H2,(H,6,7)(H2,4,8,9). The fraction of sp³-hybridized carbons (Fsp3) is 0.667. The second-order valence-corrected chi connectivity index (χ2v) is 3.70. The summed E-state index contributed by atoms with van der Waals surface area (Å²) in [5, 5.41) is 11.8. The van der Waals surface area contributed by atoms with E-state index in [9.17, 15) is 13.2 Å². The van der Waals surface area contributed by atoms with Gasteiger partial charge in [-0.15, -0.1) is 0 Å². The van der Waals surface area contributed by atoms with Crippen LogP contribution in [0.2, 0.25) is 0 Å². The maximum absolute atomic E-state index is 10.4. The molecule has 7 heteroatoms. The lowest BCUT2D eigenvalue weighted by molar-refractivity contribution is 0.178. The van der Waals surface area contributed by atoms with Crippen LogP contribution in [0.25, 0.3) is 0 Å². The van der Waals surface area contributed by atoms with Gasteiger partial charge in [0.05, 0.1) is 6.54 Å². The Hall–Kier alpha value is -0.820. The molecule has 0 spiro atoms. The lowest BCUT2D eigenvalue weighted by Gasteiger charge is -1.93. The van der Waals surface area contributed by atoms with Crippen LogP contribution < -0.4 is 5.14 Å². The van der Waals surface area contributed by atoms with E-state index in [4.69, 9.17) is 5.11 Å². The van der Waals surface area contributed by atoms with E-state index in [0.717, 1.165) is 4.90 Å². The minimum absolute atomic E-state index is 0.00579. The third-order valence-electron chi connectivity index (χ3n) is 1.19. The number of nitrogens with zero attached hydrogens (tertiary/aromatic N) is 1. The summed E-state index contributed by atoms with van der Waals surface area (Å²) in [6.45, 7) is -0.00579. The fourth-order valence-electron chi connectivity index (χ4n) is 0.604. The molecule has 10 heavy (non-hydrogen) atoms. The molecule has 0 bridgehead atoms. The highest BCUT2D eigenvalue weighted by molar-refractivity contribution is 7.90. The van der Waals surface area contributed by atoms with Crippen molar-refractivity contribution in [2.24, 2.45) is 5.14 Å². The van der Waals surface area contributed by atoms with Crippen LogP contribution in [0.1, 0.15) is 0 Å². The smallest absolute Gasteiger partial charge is 0.408 e. The van der Waals surface area contributed by atoms with Crippen LogP contribution in [0.5, 0.6) is 0 Å². The zero-order valence-electron chi connectivity index (χ0n) is 4.89. The average Bonchev–Trinajstić information content (AvgIpc) is 2.35. The quantitative estimate of drug-likeness (QED) is 0.467. The molecule has 1 atom stereocenters. The zero-order valence-corrected chi connectivity index (χ0v) is 5.71. The molecular formula is C3H6N2O4S. The van der Waals surface area contributed by atoms with Crippen molar-refractivity contribution in [3.8, 4) is 0 Å². The Kier molecular flexibility index (Phi) is 1.33. The van der Waals surface area contributed by atoms with Gasteiger partial charge in [0.25, 0.3) is 0 Å². The highest BCUT2D eigenvalue weighted by Crippen LogP contribution is 2.20. The van der Waals surface area contributed by atoms with Crippen LogP contribution in [0, 0.1) is 0 Å². The van der Waals surface area contributed by atoms with Gasteiger partial charge < -0.3 is 5.11 Å². The van der Waals surface area contributed by atoms with Crippen molar-refractivity contribution in [2.45, 2.75) is 5.37 Å². The third-order valence-corrected chi connectivity index (χ3v) is 2.35. The highest BCUT2D eigenvalue weighted by atomic mass is 32.2. The molecular weight excluding hydrogens is 160 g/mol. The van der Waals surface area contributed by atoms with E-state index < -0.39 is 21.5 Å². The summed E-state index contributed by atoms with van der Waals surface area (Å²) >= 11 is 0. The summed E-state index contributed by atoms with van der Waals surface area (Å²) in [7, 11) is -3.68. The van der Waals surface area contributed by atoms with Gasteiger partial charge in [-0.25, -0.2) is 18.4 Å². The van der Waals surface area contributed by atoms with E-state index in [1.165, 1.54) is 0 Å². The Morgan fingerprint density at radius 1 is 1.70 bits per heavy atom. The number of sulfonamides is 1. The molecule has 1 saturated heterocycles. The number of hydrogen-bond acceptors (Lipinski definition) is 3. The Labute approximate surface area is 57.3 Å². The van der Waals surface area contributed by atoms with E-state index in [1.807, 2.05) is 0 Å². The minimum atomic E-state index is -3.68. The van der Waals surface area contributed by atoms with E-state index in [0.29, 0.717) is 0 Å². The molecule has 0 aliphatic carbocycles. The van der Waals surface area contributed by atoms with Gasteiger partial charge in [0.1, 0.15) is 0 Å². The Morgan fingerprint density at radius 3 is 2.30 bits per heavy atom. The maximum atomic E-state index is 10.4. The molecule has 0 saturated carbocycles. The molecule has 3 N–H and O–H groups in total. The molecule has 1 rings (SSSR count). The molecule has 0 aromatic rings. The molecule has 1 aliphatic heterocycles. The number of amides is 1. The fourth-order valence-corrected chi connectivity index (χ4v) is 1.42. The predicted molar refractivity (Wildman–Crippen MR) is 31.6 cm³/mol. The Balaban J connectivity index is 2.64. The largest absolute Gasteiger partial charge is 0.465 e. The predicted octanol–water partition coefficient (Wildman–Crippen LogP) is -1.41. The molecule has 0 radical (unpaired) electrons. The highest BCUT2D eigenvalue weighted by Gasteiger charge is 2.46. The van der Waals surface area contributed by atoms with Gasteiger partial charge in [-0.3, -0.25) is 4.90 Å². The maximum Gasteiger partial charge on any atom is 0.408 e. The number of carboxylic acid groups (broad SMARTS) is 1. The number of rotatable bonds is 1. The molecule has 1 aliphatic rings. The molecule has 1 fully saturated rings. The Morgan fingerprint density at radius 2 is 2.20 bits per heavy atom. The van der Waals surface area contributed by atoms with Crippen molar-refractivity contribution in [1.82, 2.24) is 4.90 Å². The monoisotopic (exact) mass is 166 g/mol. The van der Waals surface area contributed by atoms with Gasteiger partial charge >= 0.3 is 6.09 Å². The van der Waals surface area contributed by atoms with Crippen LogP contribution in [-0.2, 0) is 10.0 Å². The van der Waals surface area contributed by atoms with Gasteiger partial charge in [-0.05, 0) is 0 Å². The summed E-state index contributed by atoms with van der Waals surface area (Å²) < 4.78 is 20.8. The van der Waals surface area contributed by atoms with Crippen molar-refractivity contribution < 1.29 is 18.3 Å². The molecule has 1 amide bonds. The summed E-state index contributed by atoms with van der Waals surface area (Å²) in [5.74, 6) is 0. The molecule has 58 valence electrons. The van der Waals surface area contributed by atoms with Gasteiger partial charge in [0, 0.05) is 0 Å². The SMILES string of the molecule is NS(=O)(=O)C1CN1C(=O)O. The lowest BCUT2D eigenvalue weighted by Crippen LogP contribution is -2.23. The first-order valence-electron chi connectivity index (χ1n) is 2.44. The molecule has 6 nitrogen and oxygen atoms in total. The number of primary sulfonamides is 1. The van der Waals surface area contributed by atoms with Gasteiger partial charge in [0.15, 0.2) is 5.37 Å². The van der Waals surface area contributed by atoms with Crippen molar-refractivity contribution in [1.29, 1.82) is 0 Å². The summed E-state index contributed by atoms with van der Waals surface area (Å²) in [6, 6.07) is 0. The second kappa shape index (κ2) is 1.83. The normalized spacial score (nSPS) is 24.5. The minimum Gasteiger partial charge on any atom is -0.465 e. The molecule has 0 aromatic carbocycles. The summed E-state index contributed by atoms with van der Waals surface area (Å²) in [6.07, 6.45) is -1.25. The number of carbonyl (C=O) groups is 1. The van der Waals surface area contributed by atoms with Crippen molar-refractivity contribution in [3.05, 3.63) is 0 Å². The van der Waals surface area contributed by atoms with Crippen LogP contribution in [0.15, 0.2) is 0 Å². The molecule has 1 heterocycles. The van der Waals surface area contributed by atoms with Gasteiger partial charge in [-0.2, -0.15) is 0 Å². The van der Waals surface area contributed by atoms with E-state index in [2.05, 4.69) is 5.14 Å². The van der Waals surface area contributed by atoms with E-state index in [-0.39, 0.29) is 6.54 Å². The Bertz CT molecular complexity index is 258. The summed E-state index contributed by atoms with van der Waals surface area (Å²) in [5.41, 5.74) is 0. The van der Waals surface area contributed by atoms with E-state index >= 15 is 0 Å². The van der Waals surface area contributed by atoms with Gasteiger partial charge in [-0.1, -0.05) is 0 Å². The lowest BCUT2D eigenvalue weighted by atomic mass is 11.0. The van der Waals surface area contributed by atoms with Crippen LogP contribution in [0.3, 0.4) is 0 Å². The van der Waals surface area contributed by atoms with Crippen molar-refractivity contribution in [3.63, 3.8) is 0 Å². The van der Waals surface area contributed by atoms with Crippen LogP contribution in [0.4, 0.5) is 4.79 Å². The zero-order chi connectivity index (χ0) is 7.94. The summed E-state index contributed by atoms with van der Waals surface area (Å²) in [4.78, 5) is 10.8. The number of hydrogen-bond donors (Lipinski definition) is 2. The van der Waals surface area contributed by atoms with Crippen LogP contribution >= 0.6 is 0 Å². The molecule has 1 unspecified atom stereocenters. The molecule has 0 aromatic heterocycles. The first kappa shape index (κ1) is 7.29. The first-order valence-corrected chi connectivity index (χ1v) is 4.05.